The Morgan fingerprint density at radius 1 is 1.35 bits per heavy atom. The van der Waals surface area contributed by atoms with E-state index in [2.05, 4.69) is 5.32 Å². The number of carbonyl (C=O) groups is 1. The highest BCUT2D eigenvalue weighted by Gasteiger charge is 2.19. The number of carbonyl (C=O) groups excluding carboxylic acids is 1. The SMILES string of the molecule is O=C(NC1CC=CCC1)c1ccc(S(=O)(=O)Cl)cc1F. The fourth-order valence-corrected chi connectivity index (χ4v) is 2.78. The zero-order valence-corrected chi connectivity index (χ0v) is 12.0. The lowest BCUT2D eigenvalue weighted by molar-refractivity contribution is 0.0930. The molecule has 1 N–H and O–H groups in total. The maximum Gasteiger partial charge on any atom is 0.261 e. The molecule has 1 aromatic carbocycles. The van der Waals surface area contributed by atoms with Gasteiger partial charge in [-0.25, -0.2) is 12.8 Å². The molecule has 7 heteroatoms. The smallest absolute Gasteiger partial charge is 0.261 e. The molecule has 4 nitrogen and oxygen atoms in total. The van der Waals surface area contributed by atoms with Crippen molar-refractivity contribution in [2.24, 2.45) is 0 Å². The van der Waals surface area contributed by atoms with Crippen LogP contribution in [0.25, 0.3) is 0 Å². The largest absolute Gasteiger partial charge is 0.349 e. The molecule has 1 aliphatic carbocycles. The lowest BCUT2D eigenvalue weighted by Crippen LogP contribution is -2.35. The molecule has 2 rings (SSSR count). The molecule has 0 aliphatic heterocycles. The second-order valence-electron chi connectivity index (χ2n) is 4.53. The maximum absolute atomic E-state index is 13.8. The molecule has 0 bridgehead atoms. The van der Waals surface area contributed by atoms with Crippen molar-refractivity contribution in [2.75, 3.05) is 0 Å². The van der Waals surface area contributed by atoms with Crippen LogP contribution in [0.1, 0.15) is 29.6 Å². The Hall–Kier alpha value is -1.40. The zero-order chi connectivity index (χ0) is 14.8. The topological polar surface area (TPSA) is 63.2 Å². The molecule has 1 aromatic rings. The number of allylic oxidation sites excluding steroid dienone is 1. The Labute approximate surface area is 121 Å². The van der Waals surface area contributed by atoms with Crippen molar-refractivity contribution in [3.05, 3.63) is 41.7 Å². The lowest BCUT2D eigenvalue weighted by Gasteiger charge is -2.19. The van der Waals surface area contributed by atoms with E-state index in [4.69, 9.17) is 10.7 Å². The highest BCUT2D eigenvalue weighted by atomic mass is 35.7. The molecule has 0 fully saturated rings. The van der Waals surface area contributed by atoms with Gasteiger partial charge in [0.05, 0.1) is 10.5 Å². The molecule has 1 amide bonds. The van der Waals surface area contributed by atoms with E-state index >= 15 is 0 Å². The molecule has 20 heavy (non-hydrogen) atoms. The highest BCUT2D eigenvalue weighted by Crippen LogP contribution is 2.19. The van der Waals surface area contributed by atoms with Gasteiger partial charge in [0.1, 0.15) is 5.82 Å². The van der Waals surface area contributed by atoms with Gasteiger partial charge < -0.3 is 5.32 Å². The summed E-state index contributed by atoms with van der Waals surface area (Å²) < 4.78 is 35.9. The standard InChI is InChI=1S/C13H13ClFNO3S/c14-20(18,19)10-6-7-11(12(15)8-10)13(17)16-9-4-2-1-3-5-9/h1-2,6-9H,3-5H2,(H,16,17). The zero-order valence-electron chi connectivity index (χ0n) is 10.5. The summed E-state index contributed by atoms with van der Waals surface area (Å²) in [5.41, 5.74) is -0.191. The lowest BCUT2D eigenvalue weighted by atomic mass is 10.0. The van der Waals surface area contributed by atoms with E-state index in [1.807, 2.05) is 12.2 Å². The van der Waals surface area contributed by atoms with E-state index in [-0.39, 0.29) is 16.5 Å². The van der Waals surface area contributed by atoms with Crippen LogP contribution < -0.4 is 5.32 Å². The first kappa shape index (κ1) is 15.0. The van der Waals surface area contributed by atoms with Crippen LogP contribution in [0.2, 0.25) is 0 Å². The number of halogens is 2. The number of benzene rings is 1. The number of amides is 1. The van der Waals surface area contributed by atoms with Crippen molar-refractivity contribution in [1.29, 1.82) is 0 Å². The van der Waals surface area contributed by atoms with E-state index in [0.29, 0.717) is 6.42 Å². The van der Waals surface area contributed by atoms with Crippen molar-refractivity contribution in [1.82, 2.24) is 5.32 Å². The first-order valence-electron chi connectivity index (χ1n) is 6.08. The Morgan fingerprint density at radius 2 is 2.10 bits per heavy atom. The molecule has 0 radical (unpaired) electrons. The van der Waals surface area contributed by atoms with Gasteiger partial charge in [-0.3, -0.25) is 4.79 Å². The van der Waals surface area contributed by atoms with Gasteiger partial charge >= 0.3 is 0 Å². The molecule has 1 unspecified atom stereocenters. The molecule has 1 atom stereocenters. The molecular weight excluding hydrogens is 305 g/mol. The van der Waals surface area contributed by atoms with E-state index in [0.717, 1.165) is 31.0 Å². The van der Waals surface area contributed by atoms with Gasteiger partial charge in [-0.05, 0) is 37.5 Å². The minimum Gasteiger partial charge on any atom is -0.349 e. The summed E-state index contributed by atoms with van der Waals surface area (Å²) >= 11 is 0. The molecule has 0 saturated heterocycles. The van der Waals surface area contributed by atoms with Crippen molar-refractivity contribution < 1.29 is 17.6 Å². The van der Waals surface area contributed by atoms with Gasteiger partial charge in [0.25, 0.3) is 15.0 Å². The molecular formula is C13H13ClFNO3S. The van der Waals surface area contributed by atoms with E-state index < -0.39 is 20.8 Å². The quantitative estimate of drug-likeness (QED) is 0.688. The Morgan fingerprint density at radius 3 is 2.65 bits per heavy atom. The first-order chi connectivity index (χ1) is 9.38. The van der Waals surface area contributed by atoms with Crippen LogP contribution in [0.4, 0.5) is 4.39 Å². The third kappa shape index (κ3) is 3.58. The van der Waals surface area contributed by atoms with Crippen molar-refractivity contribution in [3.63, 3.8) is 0 Å². The summed E-state index contributed by atoms with van der Waals surface area (Å²) in [5.74, 6) is -1.46. The van der Waals surface area contributed by atoms with Crippen molar-refractivity contribution in [3.8, 4) is 0 Å². The summed E-state index contributed by atoms with van der Waals surface area (Å²) in [6.07, 6.45) is 6.38. The predicted molar refractivity (Wildman–Crippen MR) is 73.7 cm³/mol. The maximum atomic E-state index is 13.8. The summed E-state index contributed by atoms with van der Waals surface area (Å²) in [5, 5.41) is 2.72. The Bertz CT molecular complexity index is 658. The summed E-state index contributed by atoms with van der Waals surface area (Å²) in [7, 11) is 1.11. The number of hydrogen-bond acceptors (Lipinski definition) is 3. The average Bonchev–Trinajstić information content (AvgIpc) is 2.38. The molecule has 0 saturated carbocycles. The van der Waals surface area contributed by atoms with Gasteiger partial charge in [-0.1, -0.05) is 12.2 Å². The van der Waals surface area contributed by atoms with E-state index in [1.54, 1.807) is 0 Å². The van der Waals surface area contributed by atoms with Crippen LogP contribution in [0.3, 0.4) is 0 Å². The summed E-state index contributed by atoms with van der Waals surface area (Å²) in [4.78, 5) is 11.6. The minimum atomic E-state index is -4.00. The Balaban J connectivity index is 2.16. The number of rotatable bonds is 3. The van der Waals surface area contributed by atoms with Crippen LogP contribution in [-0.4, -0.2) is 20.4 Å². The molecule has 108 valence electrons. The molecule has 1 aliphatic rings. The van der Waals surface area contributed by atoms with Crippen molar-refractivity contribution in [2.45, 2.75) is 30.2 Å². The van der Waals surface area contributed by atoms with Crippen molar-refractivity contribution >= 4 is 25.6 Å². The third-order valence-electron chi connectivity index (χ3n) is 3.07. The second-order valence-corrected chi connectivity index (χ2v) is 7.10. The van der Waals surface area contributed by atoms with Gasteiger partial charge in [0.15, 0.2) is 0 Å². The number of hydrogen-bond donors (Lipinski definition) is 1. The van der Waals surface area contributed by atoms with Gasteiger partial charge in [-0.15, -0.1) is 0 Å². The minimum absolute atomic E-state index is 0.0247. The van der Waals surface area contributed by atoms with Gasteiger partial charge in [-0.2, -0.15) is 0 Å². The first-order valence-corrected chi connectivity index (χ1v) is 8.39. The normalized spacial score (nSPS) is 18.8. The Kier molecular flexibility index (Phi) is 4.45. The molecule has 0 spiro atoms. The average molecular weight is 318 g/mol. The summed E-state index contributed by atoms with van der Waals surface area (Å²) in [6, 6.07) is 2.96. The van der Waals surface area contributed by atoms with E-state index in [1.165, 1.54) is 0 Å². The third-order valence-corrected chi connectivity index (χ3v) is 4.42. The van der Waals surface area contributed by atoms with Gasteiger partial charge in [0, 0.05) is 16.7 Å². The second kappa shape index (κ2) is 5.93. The van der Waals surface area contributed by atoms with E-state index in [9.17, 15) is 17.6 Å². The van der Waals surface area contributed by atoms with Crippen LogP contribution in [0.5, 0.6) is 0 Å². The van der Waals surface area contributed by atoms with Crippen LogP contribution >= 0.6 is 10.7 Å². The summed E-state index contributed by atoms with van der Waals surface area (Å²) in [6.45, 7) is 0. The fraction of sp³-hybridized carbons (Fsp3) is 0.308. The van der Waals surface area contributed by atoms with Gasteiger partial charge in [0.2, 0.25) is 0 Å². The predicted octanol–water partition coefficient (Wildman–Crippen LogP) is 2.59. The fourth-order valence-electron chi connectivity index (χ4n) is 2.02. The highest BCUT2D eigenvalue weighted by molar-refractivity contribution is 8.13. The molecule has 0 aromatic heterocycles. The number of nitrogens with one attached hydrogen (secondary N) is 1. The van der Waals surface area contributed by atoms with Crippen LogP contribution in [0, 0.1) is 5.82 Å². The van der Waals surface area contributed by atoms with Crippen LogP contribution in [0.15, 0.2) is 35.2 Å². The molecule has 0 heterocycles. The monoisotopic (exact) mass is 317 g/mol. The van der Waals surface area contributed by atoms with Crippen LogP contribution in [-0.2, 0) is 9.05 Å².